The van der Waals surface area contributed by atoms with Crippen LogP contribution in [-0.4, -0.2) is 20.3 Å². The van der Waals surface area contributed by atoms with Gasteiger partial charge in [-0.15, -0.1) is 0 Å². The molecule has 0 N–H and O–H groups in total. The molecule has 5 aromatic rings. The Kier molecular flexibility index (Phi) is 8.37. The molecule has 44 heavy (non-hydrogen) atoms. The maximum Gasteiger partial charge on any atom is 0.139 e. The second kappa shape index (κ2) is 12.1. The predicted molar refractivity (Wildman–Crippen MR) is 188 cm³/mol. The van der Waals surface area contributed by atoms with Crippen molar-refractivity contribution < 1.29 is 8.95 Å². The van der Waals surface area contributed by atoms with Crippen LogP contribution in [0, 0.1) is 0 Å². The Morgan fingerprint density at radius 2 is 1.18 bits per heavy atom. The normalized spacial score (nSPS) is 15.3. The van der Waals surface area contributed by atoms with E-state index in [-0.39, 0.29) is 11.5 Å². The minimum atomic E-state index is -1.26. The van der Waals surface area contributed by atoms with Gasteiger partial charge in [0, 0.05) is 34.5 Å². The number of benzene rings is 5. The Hall–Kier alpha value is -3.56. The zero-order valence-corrected chi connectivity index (χ0v) is 28.0. The number of hydrogen-bond donors (Lipinski definition) is 0. The third-order valence-electron chi connectivity index (χ3n) is 8.42. The van der Waals surface area contributed by atoms with Crippen LogP contribution in [0.5, 0.6) is 11.5 Å². The molecule has 5 heteroatoms. The van der Waals surface area contributed by atoms with Crippen molar-refractivity contribution in [1.29, 1.82) is 0 Å². The monoisotopic (exact) mass is 617 g/mol. The maximum atomic E-state index is 13.9. The van der Waals surface area contributed by atoms with Gasteiger partial charge in [-0.25, -0.2) is 8.51 Å². The van der Waals surface area contributed by atoms with E-state index in [1.165, 1.54) is 21.5 Å². The van der Waals surface area contributed by atoms with Crippen molar-refractivity contribution in [2.45, 2.75) is 50.8 Å². The van der Waals surface area contributed by atoms with E-state index in [9.17, 15) is 4.21 Å². The SMILES string of the molecule is CN(C(c1ccccc1)c1cccc2c1Oc1c(P(c3ccccc3)c3ccccc3)cccc1C2(C)C)[S@](=O)C(C)(C)C. The van der Waals surface area contributed by atoms with E-state index in [0.717, 1.165) is 28.2 Å². The molecule has 2 atom stereocenters. The minimum absolute atomic E-state index is 0.263. The number of para-hydroxylation sites is 2. The molecule has 0 amide bonds. The minimum Gasteiger partial charge on any atom is -0.456 e. The van der Waals surface area contributed by atoms with Gasteiger partial charge in [-0.3, -0.25) is 0 Å². The first-order valence-corrected chi connectivity index (χ1v) is 17.6. The maximum absolute atomic E-state index is 13.9. The first-order valence-electron chi connectivity index (χ1n) is 15.1. The lowest BCUT2D eigenvalue weighted by atomic mass is 9.74. The summed E-state index contributed by atoms with van der Waals surface area (Å²) in [6, 6.07) is 44.8. The summed E-state index contributed by atoms with van der Waals surface area (Å²) in [5.74, 6) is 1.79. The number of ether oxygens (including phenoxy) is 1. The van der Waals surface area contributed by atoms with Crippen LogP contribution in [0.3, 0.4) is 0 Å². The molecule has 5 aromatic carbocycles. The average Bonchev–Trinajstić information content (AvgIpc) is 3.03. The van der Waals surface area contributed by atoms with E-state index in [0.29, 0.717) is 0 Å². The van der Waals surface area contributed by atoms with E-state index in [2.05, 4.69) is 135 Å². The highest BCUT2D eigenvalue weighted by atomic mass is 32.2. The van der Waals surface area contributed by atoms with Gasteiger partial charge in [-0.05, 0) is 44.9 Å². The van der Waals surface area contributed by atoms with Crippen LogP contribution >= 0.6 is 7.92 Å². The highest BCUT2D eigenvalue weighted by molar-refractivity contribution is 7.84. The molecule has 1 unspecified atom stereocenters. The van der Waals surface area contributed by atoms with Crippen LogP contribution in [0.2, 0.25) is 0 Å². The van der Waals surface area contributed by atoms with Gasteiger partial charge in [-0.2, -0.15) is 0 Å². The molecule has 0 bridgehead atoms. The van der Waals surface area contributed by atoms with Crippen molar-refractivity contribution in [3.05, 3.63) is 150 Å². The standard InChI is InChI=1S/C39H40NO2PS/c1-38(2,3)44(41)40(6)35(28-18-10-7-11-19-28)31-24-16-25-32-36(31)42-37-33(39(32,4)5)26-17-27-34(37)43(29-20-12-8-13-21-29)30-22-14-9-15-23-30/h7-27,35H,1-6H3/t35?,44-/m1/s1. The quantitative estimate of drug-likeness (QED) is 0.172. The van der Waals surface area contributed by atoms with E-state index >= 15 is 0 Å². The zero-order chi connectivity index (χ0) is 31.1. The van der Waals surface area contributed by atoms with Gasteiger partial charge in [0.15, 0.2) is 0 Å². The van der Waals surface area contributed by atoms with Gasteiger partial charge in [0.1, 0.15) is 22.5 Å². The van der Waals surface area contributed by atoms with Gasteiger partial charge in [0.2, 0.25) is 0 Å². The predicted octanol–water partition coefficient (Wildman–Crippen LogP) is 8.36. The summed E-state index contributed by atoms with van der Waals surface area (Å²) in [5, 5.41) is 3.77. The van der Waals surface area contributed by atoms with Crippen LogP contribution in [-0.2, 0) is 16.4 Å². The fraction of sp³-hybridized carbons (Fsp3) is 0.231. The molecule has 224 valence electrons. The molecule has 0 saturated heterocycles. The van der Waals surface area contributed by atoms with Gasteiger partial charge in [0.25, 0.3) is 0 Å². The third-order valence-corrected chi connectivity index (χ3v) is 12.7. The van der Waals surface area contributed by atoms with Crippen LogP contribution in [0.4, 0.5) is 0 Å². The molecule has 1 aliphatic rings. The summed E-state index contributed by atoms with van der Waals surface area (Å²) in [4.78, 5) is 0. The molecule has 0 spiro atoms. The van der Waals surface area contributed by atoms with Crippen molar-refractivity contribution in [3.63, 3.8) is 0 Å². The number of nitrogens with zero attached hydrogens (tertiary/aromatic N) is 1. The summed E-state index contributed by atoms with van der Waals surface area (Å²) in [5.41, 5.74) is 4.11. The molecule has 0 aliphatic carbocycles. The molecule has 1 heterocycles. The summed E-state index contributed by atoms with van der Waals surface area (Å²) in [6.07, 6.45) is 0. The molecular formula is C39H40NO2PS. The zero-order valence-electron chi connectivity index (χ0n) is 26.3. The molecule has 3 nitrogen and oxygen atoms in total. The molecule has 0 radical (unpaired) electrons. The molecule has 0 saturated carbocycles. The lowest BCUT2D eigenvalue weighted by Crippen LogP contribution is -2.38. The molecular weight excluding hydrogens is 577 g/mol. The van der Waals surface area contributed by atoms with E-state index in [1.807, 2.05) is 38.2 Å². The van der Waals surface area contributed by atoms with Crippen molar-refractivity contribution in [3.8, 4) is 11.5 Å². The number of hydrogen-bond acceptors (Lipinski definition) is 2. The summed E-state index contributed by atoms with van der Waals surface area (Å²) in [6.45, 7) is 10.7. The van der Waals surface area contributed by atoms with Gasteiger partial charge in [-0.1, -0.05) is 141 Å². The topological polar surface area (TPSA) is 29.5 Å². The Morgan fingerprint density at radius 1 is 0.682 bits per heavy atom. The Balaban J connectivity index is 1.57. The summed E-state index contributed by atoms with van der Waals surface area (Å²) < 4.78 is 22.7. The van der Waals surface area contributed by atoms with Crippen molar-refractivity contribution in [2.75, 3.05) is 7.05 Å². The largest absolute Gasteiger partial charge is 0.456 e. The second-order valence-electron chi connectivity index (χ2n) is 12.8. The van der Waals surface area contributed by atoms with E-state index in [1.54, 1.807) is 0 Å². The lowest BCUT2D eigenvalue weighted by molar-refractivity contribution is 0.389. The first-order chi connectivity index (χ1) is 21.1. The highest BCUT2D eigenvalue weighted by Crippen LogP contribution is 2.53. The van der Waals surface area contributed by atoms with Crippen LogP contribution < -0.4 is 20.7 Å². The summed E-state index contributed by atoms with van der Waals surface area (Å²) >= 11 is 0. The molecule has 0 fully saturated rings. The van der Waals surface area contributed by atoms with E-state index in [4.69, 9.17) is 4.74 Å². The Morgan fingerprint density at radius 3 is 1.73 bits per heavy atom. The smallest absolute Gasteiger partial charge is 0.139 e. The molecule has 0 aromatic heterocycles. The lowest BCUT2D eigenvalue weighted by Gasteiger charge is -2.40. The Bertz CT molecular complexity index is 1740. The molecule has 1 aliphatic heterocycles. The van der Waals surface area contributed by atoms with Crippen molar-refractivity contribution in [1.82, 2.24) is 4.31 Å². The molecule has 6 rings (SSSR count). The van der Waals surface area contributed by atoms with Gasteiger partial charge >= 0.3 is 0 Å². The van der Waals surface area contributed by atoms with Crippen LogP contribution in [0.25, 0.3) is 0 Å². The Labute approximate surface area is 266 Å². The fourth-order valence-electron chi connectivity index (χ4n) is 6.25. The van der Waals surface area contributed by atoms with Crippen molar-refractivity contribution in [2.24, 2.45) is 0 Å². The van der Waals surface area contributed by atoms with Gasteiger partial charge < -0.3 is 4.74 Å². The van der Waals surface area contributed by atoms with Crippen LogP contribution in [0.1, 0.15) is 62.9 Å². The van der Waals surface area contributed by atoms with Crippen molar-refractivity contribution >= 4 is 34.8 Å². The third kappa shape index (κ3) is 5.56. The van der Waals surface area contributed by atoms with Crippen LogP contribution in [0.15, 0.2) is 127 Å². The fourth-order valence-corrected chi connectivity index (χ4v) is 9.94. The second-order valence-corrected chi connectivity index (χ2v) is 17.3. The van der Waals surface area contributed by atoms with Gasteiger partial charge in [0.05, 0.1) is 10.8 Å². The van der Waals surface area contributed by atoms with E-state index < -0.39 is 23.7 Å². The number of rotatable bonds is 7. The average molecular weight is 618 g/mol. The first kappa shape index (κ1) is 30.5. The highest BCUT2D eigenvalue weighted by Gasteiger charge is 2.40. The summed E-state index contributed by atoms with van der Waals surface area (Å²) in [7, 11) is -0.173. The number of fused-ring (bicyclic) bond motifs is 2.